The van der Waals surface area contributed by atoms with Gasteiger partial charge in [0.1, 0.15) is 5.75 Å². The molecular weight excluding hydrogens is 326 g/mol. The molecule has 0 spiro atoms. The second-order valence-electron chi connectivity index (χ2n) is 5.08. The Morgan fingerprint density at radius 2 is 1.75 bits per heavy atom. The molecule has 3 aromatic rings. The fourth-order valence-corrected chi connectivity index (χ4v) is 3.32. The molecule has 122 valence electrons. The van der Waals surface area contributed by atoms with Crippen molar-refractivity contribution in [2.24, 2.45) is 0 Å². The normalized spacial score (nSPS) is 11.1. The first-order chi connectivity index (χ1) is 11.6. The van der Waals surface area contributed by atoms with Crippen LogP contribution in [0.4, 0.5) is 5.69 Å². The van der Waals surface area contributed by atoms with Gasteiger partial charge >= 0.3 is 5.69 Å². The molecule has 0 radical (unpaired) electrons. The molecule has 0 amide bonds. The van der Waals surface area contributed by atoms with Crippen molar-refractivity contribution in [2.75, 3.05) is 14.2 Å². The minimum atomic E-state index is -0.448. The van der Waals surface area contributed by atoms with Gasteiger partial charge in [0, 0.05) is 16.2 Å². The molecule has 3 rings (SSSR count). The molecule has 0 saturated carbocycles. The Kier molecular flexibility index (Phi) is 4.48. The average molecular weight is 341 g/mol. The van der Waals surface area contributed by atoms with Crippen molar-refractivity contribution in [2.45, 2.75) is 0 Å². The summed E-state index contributed by atoms with van der Waals surface area (Å²) < 4.78 is 11.6. The van der Waals surface area contributed by atoms with E-state index in [4.69, 9.17) is 9.47 Å². The van der Waals surface area contributed by atoms with E-state index in [2.05, 4.69) is 6.07 Å². The highest BCUT2D eigenvalue weighted by Gasteiger charge is 2.14. The molecule has 0 bridgehead atoms. The van der Waals surface area contributed by atoms with Crippen LogP contribution in [0.3, 0.4) is 0 Å². The van der Waals surface area contributed by atoms with Gasteiger partial charge in [-0.2, -0.15) is 0 Å². The first-order valence-corrected chi connectivity index (χ1v) is 8.06. The van der Waals surface area contributed by atoms with Crippen LogP contribution in [-0.2, 0) is 0 Å². The number of benzene rings is 2. The van der Waals surface area contributed by atoms with E-state index in [0.29, 0.717) is 0 Å². The number of nitro benzene ring substituents is 1. The van der Waals surface area contributed by atoms with E-state index in [9.17, 15) is 10.1 Å². The SMILES string of the molecule is COc1ccc(/C=C\c2cc(OC)c3ccsc3c2)cc1[N+](=O)[O-]. The van der Waals surface area contributed by atoms with Gasteiger partial charge in [-0.15, -0.1) is 11.3 Å². The van der Waals surface area contributed by atoms with Gasteiger partial charge in [0.2, 0.25) is 0 Å². The third-order valence-corrected chi connectivity index (χ3v) is 4.51. The van der Waals surface area contributed by atoms with Gasteiger partial charge < -0.3 is 9.47 Å². The van der Waals surface area contributed by atoms with Crippen molar-refractivity contribution in [1.82, 2.24) is 0 Å². The lowest BCUT2D eigenvalue weighted by Gasteiger charge is -2.04. The highest BCUT2D eigenvalue weighted by Crippen LogP contribution is 2.32. The van der Waals surface area contributed by atoms with E-state index in [1.54, 1.807) is 30.6 Å². The summed E-state index contributed by atoms with van der Waals surface area (Å²) in [4.78, 5) is 10.6. The number of hydrogen-bond acceptors (Lipinski definition) is 5. The second-order valence-corrected chi connectivity index (χ2v) is 6.03. The van der Waals surface area contributed by atoms with Crippen LogP contribution >= 0.6 is 11.3 Å². The van der Waals surface area contributed by atoms with Crippen molar-refractivity contribution < 1.29 is 14.4 Å². The van der Waals surface area contributed by atoms with Crippen LogP contribution in [0.2, 0.25) is 0 Å². The zero-order valence-corrected chi connectivity index (χ0v) is 14.0. The zero-order chi connectivity index (χ0) is 17.1. The number of thiophene rings is 1. The largest absolute Gasteiger partial charge is 0.496 e. The molecule has 1 aromatic heterocycles. The Hall–Kier alpha value is -2.86. The van der Waals surface area contributed by atoms with E-state index in [0.717, 1.165) is 27.0 Å². The molecule has 24 heavy (non-hydrogen) atoms. The van der Waals surface area contributed by atoms with Gasteiger partial charge in [0.25, 0.3) is 0 Å². The molecule has 2 aromatic carbocycles. The van der Waals surface area contributed by atoms with Crippen LogP contribution in [0, 0.1) is 10.1 Å². The van der Waals surface area contributed by atoms with Crippen molar-refractivity contribution in [3.8, 4) is 11.5 Å². The van der Waals surface area contributed by atoms with Crippen LogP contribution in [0.5, 0.6) is 11.5 Å². The lowest BCUT2D eigenvalue weighted by Crippen LogP contribution is -1.93. The highest BCUT2D eigenvalue weighted by atomic mass is 32.1. The number of ether oxygens (including phenoxy) is 2. The first kappa shape index (κ1) is 16.0. The first-order valence-electron chi connectivity index (χ1n) is 7.18. The highest BCUT2D eigenvalue weighted by molar-refractivity contribution is 7.17. The van der Waals surface area contributed by atoms with Crippen molar-refractivity contribution in [1.29, 1.82) is 0 Å². The maximum atomic E-state index is 11.1. The minimum absolute atomic E-state index is 0.0501. The van der Waals surface area contributed by atoms with E-state index in [1.165, 1.54) is 13.2 Å². The van der Waals surface area contributed by atoms with Gasteiger partial charge in [-0.3, -0.25) is 10.1 Å². The van der Waals surface area contributed by atoms with Gasteiger partial charge in [-0.05, 0) is 40.8 Å². The van der Waals surface area contributed by atoms with E-state index in [1.807, 2.05) is 29.7 Å². The van der Waals surface area contributed by atoms with Gasteiger partial charge in [0.15, 0.2) is 5.75 Å². The van der Waals surface area contributed by atoms with Crippen LogP contribution in [0.15, 0.2) is 41.8 Å². The maximum absolute atomic E-state index is 11.1. The number of methoxy groups -OCH3 is 2. The summed E-state index contributed by atoms with van der Waals surface area (Å²) in [6, 6.07) is 10.9. The molecule has 0 saturated heterocycles. The monoisotopic (exact) mass is 341 g/mol. The van der Waals surface area contributed by atoms with Crippen molar-refractivity contribution >= 4 is 39.3 Å². The number of nitro groups is 1. The topological polar surface area (TPSA) is 61.6 Å². The van der Waals surface area contributed by atoms with E-state index >= 15 is 0 Å². The van der Waals surface area contributed by atoms with Crippen LogP contribution in [0.1, 0.15) is 11.1 Å². The third kappa shape index (κ3) is 3.09. The standard InChI is InChI=1S/C18H15NO4S/c1-22-16-6-5-12(9-15(16)19(20)21)3-4-13-10-17(23-2)14-7-8-24-18(14)11-13/h3-11H,1-2H3/b4-3-. The molecule has 5 nitrogen and oxygen atoms in total. The predicted octanol–water partition coefficient (Wildman–Crippen LogP) is 5.00. The molecule has 1 heterocycles. The quantitative estimate of drug-likeness (QED) is 0.372. The molecule has 0 atom stereocenters. The third-order valence-electron chi connectivity index (χ3n) is 3.64. The molecule has 0 aliphatic carbocycles. The summed E-state index contributed by atoms with van der Waals surface area (Å²) in [5.41, 5.74) is 1.65. The summed E-state index contributed by atoms with van der Waals surface area (Å²) in [5, 5.41) is 14.2. The lowest BCUT2D eigenvalue weighted by atomic mass is 10.1. The van der Waals surface area contributed by atoms with Crippen molar-refractivity contribution in [3.63, 3.8) is 0 Å². The lowest BCUT2D eigenvalue weighted by molar-refractivity contribution is -0.385. The zero-order valence-electron chi connectivity index (χ0n) is 13.2. The van der Waals surface area contributed by atoms with E-state index in [-0.39, 0.29) is 11.4 Å². The smallest absolute Gasteiger partial charge is 0.311 e. The minimum Gasteiger partial charge on any atom is -0.496 e. The average Bonchev–Trinajstić information content (AvgIpc) is 3.07. The number of rotatable bonds is 5. The molecule has 0 N–H and O–H groups in total. The Labute approximate surface area is 142 Å². The van der Waals surface area contributed by atoms with Gasteiger partial charge in [0.05, 0.1) is 19.1 Å². The summed E-state index contributed by atoms with van der Waals surface area (Å²) in [6.45, 7) is 0. The molecule has 0 aliphatic rings. The Morgan fingerprint density at radius 1 is 1.00 bits per heavy atom. The Bertz CT molecular complexity index is 930. The molecule has 0 aliphatic heterocycles. The number of fused-ring (bicyclic) bond motifs is 1. The second kappa shape index (κ2) is 6.72. The summed E-state index contributed by atoms with van der Waals surface area (Å²) in [7, 11) is 3.06. The predicted molar refractivity (Wildman–Crippen MR) is 97.0 cm³/mol. The molecule has 0 unspecified atom stereocenters. The van der Waals surface area contributed by atoms with Crippen LogP contribution in [-0.4, -0.2) is 19.1 Å². The van der Waals surface area contributed by atoms with Crippen LogP contribution in [0.25, 0.3) is 22.2 Å². The summed E-state index contributed by atoms with van der Waals surface area (Å²) in [5.74, 6) is 1.06. The summed E-state index contributed by atoms with van der Waals surface area (Å²) in [6.07, 6.45) is 3.74. The Morgan fingerprint density at radius 3 is 2.46 bits per heavy atom. The maximum Gasteiger partial charge on any atom is 0.311 e. The molecule has 0 fully saturated rings. The van der Waals surface area contributed by atoms with Crippen LogP contribution < -0.4 is 9.47 Å². The summed E-state index contributed by atoms with van der Waals surface area (Å²) >= 11 is 1.64. The number of hydrogen-bond donors (Lipinski definition) is 0. The van der Waals surface area contributed by atoms with E-state index < -0.39 is 4.92 Å². The fraction of sp³-hybridized carbons (Fsp3) is 0.111. The molecule has 6 heteroatoms. The number of nitrogens with zero attached hydrogens (tertiary/aromatic N) is 1. The fourth-order valence-electron chi connectivity index (χ4n) is 2.47. The van der Waals surface area contributed by atoms with Gasteiger partial charge in [-0.1, -0.05) is 18.2 Å². The van der Waals surface area contributed by atoms with Crippen molar-refractivity contribution in [3.05, 3.63) is 63.0 Å². The molecular formula is C18H15NO4S. The Balaban J connectivity index is 1.96. The van der Waals surface area contributed by atoms with Gasteiger partial charge in [-0.25, -0.2) is 0 Å².